The predicted octanol–water partition coefficient (Wildman–Crippen LogP) is 2.55. The predicted molar refractivity (Wildman–Crippen MR) is 115 cm³/mol. The maximum Gasteiger partial charge on any atom is 0.278 e. The van der Waals surface area contributed by atoms with Crippen molar-refractivity contribution in [3.63, 3.8) is 0 Å². The van der Waals surface area contributed by atoms with Crippen molar-refractivity contribution in [1.29, 1.82) is 0 Å². The fourth-order valence-corrected chi connectivity index (χ4v) is 3.58. The van der Waals surface area contributed by atoms with Gasteiger partial charge in [-0.2, -0.15) is 4.68 Å². The van der Waals surface area contributed by atoms with Crippen LogP contribution in [-0.2, 0) is 12.5 Å². The highest BCUT2D eigenvalue weighted by molar-refractivity contribution is 7.98. The Morgan fingerprint density at radius 2 is 1.83 bits per heavy atom. The molecule has 0 atom stereocenters. The lowest BCUT2D eigenvalue weighted by Gasteiger charge is -2.09. The van der Waals surface area contributed by atoms with Gasteiger partial charge in [0.15, 0.2) is 5.82 Å². The Morgan fingerprint density at radius 1 is 1.07 bits per heavy atom. The number of ether oxygens (including phenoxy) is 1. The van der Waals surface area contributed by atoms with Crippen molar-refractivity contribution in [2.75, 3.05) is 5.84 Å². The van der Waals surface area contributed by atoms with E-state index in [1.54, 1.807) is 18.2 Å². The van der Waals surface area contributed by atoms with E-state index in [0.717, 1.165) is 5.75 Å². The second kappa shape index (κ2) is 8.54. The molecule has 0 saturated carbocycles. The summed E-state index contributed by atoms with van der Waals surface area (Å²) in [5.41, 5.74) is 1.59. The van der Waals surface area contributed by atoms with Gasteiger partial charge in [0.1, 0.15) is 17.9 Å². The molecule has 0 unspecified atom stereocenters. The summed E-state index contributed by atoms with van der Waals surface area (Å²) in [6.07, 6.45) is 0. The molecule has 0 radical (unpaired) electrons. The second-order valence-corrected chi connectivity index (χ2v) is 7.88. The summed E-state index contributed by atoms with van der Waals surface area (Å²) >= 11 is 1.24. The number of fused-ring (bicyclic) bond motifs is 1. The Labute approximate surface area is 176 Å². The van der Waals surface area contributed by atoms with Crippen molar-refractivity contribution in [2.45, 2.75) is 37.4 Å². The molecule has 0 aliphatic heterocycles. The molecule has 2 aromatic carbocycles. The third-order valence-corrected chi connectivity index (χ3v) is 5.51. The van der Waals surface area contributed by atoms with Gasteiger partial charge >= 0.3 is 0 Å². The Bertz CT molecular complexity index is 1220. The first kappa shape index (κ1) is 19.9. The zero-order valence-corrected chi connectivity index (χ0v) is 17.4. The SMILES string of the molecule is CC(C)c1ccc(OCc2nnc(SCn3nnc4ccccc4c3=O)n2N)cc1. The molecule has 4 aromatic rings. The van der Waals surface area contributed by atoms with Crippen LogP contribution in [0.25, 0.3) is 10.9 Å². The average Bonchev–Trinajstić information content (AvgIpc) is 3.11. The van der Waals surface area contributed by atoms with Crippen LogP contribution in [0.3, 0.4) is 0 Å². The molecule has 0 aliphatic carbocycles. The summed E-state index contributed by atoms with van der Waals surface area (Å²) in [6, 6.07) is 15.0. The lowest BCUT2D eigenvalue weighted by atomic mass is 10.0. The van der Waals surface area contributed by atoms with Crippen LogP contribution in [0.1, 0.15) is 31.2 Å². The number of thioether (sulfide) groups is 1. The molecule has 0 bridgehead atoms. The summed E-state index contributed by atoms with van der Waals surface area (Å²) < 4.78 is 8.39. The number of benzene rings is 2. The van der Waals surface area contributed by atoms with Gasteiger partial charge in [0, 0.05) is 0 Å². The van der Waals surface area contributed by atoms with Crippen molar-refractivity contribution < 1.29 is 4.74 Å². The van der Waals surface area contributed by atoms with Crippen LogP contribution < -0.4 is 16.1 Å². The molecule has 2 aromatic heterocycles. The maximum absolute atomic E-state index is 12.5. The van der Waals surface area contributed by atoms with E-state index < -0.39 is 0 Å². The quantitative estimate of drug-likeness (QED) is 0.356. The first-order valence-corrected chi connectivity index (χ1v) is 10.4. The van der Waals surface area contributed by atoms with E-state index in [1.807, 2.05) is 30.3 Å². The average molecular weight is 424 g/mol. The number of nitrogens with two attached hydrogens (primary N) is 1. The number of hydrogen-bond donors (Lipinski definition) is 1. The smallest absolute Gasteiger partial charge is 0.278 e. The molecular weight excluding hydrogens is 402 g/mol. The van der Waals surface area contributed by atoms with Crippen LogP contribution in [0.4, 0.5) is 0 Å². The van der Waals surface area contributed by atoms with Gasteiger partial charge in [0.05, 0.1) is 11.3 Å². The summed E-state index contributed by atoms with van der Waals surface area (Å²) in [4.78, 5) is 12.5. The van der Waals surface area contributed by atoms with E-state index in [4.69, 9.17) is 10.6 Å². The number of nitrogens with zero attached hydrogens (tertiary/aromatic N) is 6. The lowest BCUT2D eigenvalue weighted by molar-refractivity contribution is 0.291. The van der Waals surface area contributed by atoms with Crippen molar-refractivity contribution >= 4 is 22.7 Å². The molecular formula is C20H21N7O2S. The van der Waals surface area contributed by atoms with Gasteiger partial charge in [-0.1, -0.05) is 55.1 Å². The summed E-state index contributed by atoms with van der Waals surface area (Å²) in [6.45, 7) is 4.47. The normalized spacial score (nSPS) is 11.3. The Morgan fingerprint density at radius 3 is 2.60 bits per heavy atom. The number of nitrogen functional groups attached to an aromatic ring is 1. The lowest BCUT2D eigenvalue weighted by Crippen LogP contribution is -2.23. The minimum absolute atomic E-state index is 0.181. The molecule has 0 saturated heterocycles. The van der Waals surface area contributed by atoms with E-state index in [0.29, 0.717) is 27.8 Å². The molecule has 2 heterocycles. The Hall–Kier alpha value is -3.40. The largest absolute Gasteiger partial charge is 0.486 e. The van der Waals surface area contributed by atoms with Crippen molar-refractivity contribution in [3.05, 3.63) is 70.3 Å². The highest BCUT2D eigenvalue weighted by atomic mass is 32.2. The van der Waals surface area contributed by atoms with Crippen LogP contribution in [0.15, 0.2) is 58.5 Å². The molecule has 10 heteroatoms. The van der Waals surface area contributed by atoms with Gasteiger partial charge in [0.2, 0.25) is 5.16 Å². The molecule has 154 valence electrons. The Kier molecular flexibility index (Phi) is 5.66. The van der Waals surface area contributed by atoms with Crippen LogP contribution in [0.5, 0.6) is 5.75 Å². The van der Waals surface area contributed by atoms with Gasteiger partial charge < -0.3 is 10.6 Å². The zero-order valence-electron chi connectivity index (χ0n) is 16.6. The van der Waals surface area contributed by atoms with Crippen molar-refractivity contribution in [3.8, 4) is 5.75 Å². The minimum atomic E-state index is -0.218. The third-order valence-electron chi connectivity index (χ3n) is 4.60. The molecule has 0 fully saturated rings. The fourth-order valence-electron chi connectivity index (χ4n) is 2.83. The standard InChI is InChI=1S/C20H21N7O2S/c1-13(2)14-7-9-15(10-8-14)29-11-18-23-24-20(27(18)21)30-12-26-19(28)16-5-3-4-6-17(16)22-25-26/h3-10,13H,11-12,21H2,1-2H3. The van der Waals surface area contributed by atoms with Gasteiger partial charge in [0.25, 0.3) is 5.56 Å². The molecule has 2 N–H and O–H groups in total. The molecule has 30 heavy (non-hydrogen) atoms. The fraction of sp³-hybridized carbons (Fsp3) is 0.250. The van der Waals surface area contributed by atoms with Gasteiger partial charge in [-0.05, 0) is 35.7 Å². The first-order chi connectivity index (χ1) is 14.5. The summed E-state index contributed by atoms with van der Waals surface area (Å²) in [5.74, 6) is 7.97. The van der Waals surface area contributed by atoms with E-state index in [-0.39, 0.29) is 18.0 Å². The number of hydrogen-bond acceptors (Lipinski definition) is 8. The van der Waals surface area contributed by atoms with E-state index in [2.05, 4.69) is 34.4 Å². The number of aromatic nitrogens is 6. The molecule has 0 amide bonds. The molecule has 4 rings (SSSR count). The van der Waals surface area contributed by atoms with Crippen LogP contribution in [0, 0.1) is 0 Å². The van der Waals surface area contributed by atoms with E-state index in [1.165, 1.54) is 26.7 Å². The molecule has 0 aliphatic rings. The van der Waals surface area contributed by atoms with Gasteiger partial charge in [-0.3, -0.25) is 4.79 Å². The van der Waals surface area contributed by atoms with E-state index >= 15 is 0 Å². The maximum atomic E-state index is 12.5. The second-order valence-electron chi connectivity index (χ2n) is 6.97. The molecule has 9 nitrogen and oxygen atoms in total. The van der Waals surface area contributed by atoms with E-state index in [9.17, 15) is 4.79 Å². The third kappa shape index (κ3) is 4.13. The highest BCUT2D eigenvalue weighted by Crippen LogP contribution is 2.20. The van der Waals surface area contributed by atoms with Crippen molar-refractivity contribution in [2.24, 2.45) is 0 Å². The number of rotatable bonds is 7. The van der Waals surface area contributed by atoms with Crippen molar-refractivity contribution in [1.82, 2.24) is 29.9 Å². The van der Waals surface area contributed by atoms with Gasteiger partial charge in [-0.15, -0.1) is 15.3 Å². The minimum Gasteiger partial charge on any atom is -0.486 e. The zero-order chi connectivity index (χ0) is 21.1. The van der Waals surface area contributed by atoms with Crippen LogP contribution >= 0.6 is 11.8 Å². The Balaban J connectivity index is 1.41. The monoisotopic (exact) mass is 423 g/mol. The summed E-state index contributed by atoms with van der Waals surface area (Å²) in [7, 11) is 0. The van der Waals surface area contributed by atoms with Crippen LogP contribution in [0.2, 0.25) is 0 Å². The highest BCUT2D eigenvalue weighted by Gasteiger charge is 2.13. The topological polar surface area (TPSA) is 114 Å². The van der Waals surface area contributed by atoms with Crippen LogP contribution in [-0.4, -0.2) is 29.9 Å². The summed E-state index contributed by atoms with van der Waals surface area (Å²) in [5, 5.41) is 17.2. The first-order valence-electron chi connectivity index (χ1n) is 9.40. The van der Waals surface area contributed by atoms with Gasteiger partial charge in [-0.25, -0.2) is 4.68 Å². The molecule has 0 spiro atoms.